The van der Waals surface area contributed by atoms with Crippen LogP contribution in [-0.2, 0) is 4.79 Å². The SMILES string of the molecule is COc1c(Cl)ccc(Cl)c1C(=O)O.Cc1cc(Cl)ccc1OCC(=O)O. The maximum atomic E-state index is 10.7. The first kappa shape index (κ1) is 21.9. The van der Waals surface area contributed by atoms with Gasteiger partial charge in [0.05, 0.1) is 17.2 Å². The second-order valence-corrected chi connectivity index (χ2v) is 6.09. The minimum Gasteiger partial charge on any atom is -0.494 e. The molecule has 140 valence electrons. The van der Waals surface area contributed by atoms with Crippen LogP contribution in [0.1, 0.15) is 15.9 Å². The fourth-order valence-corrected chi connectivity index (χ4v) is 2.54. The first-order valence-electron chi connectivity index (χ1n) is 7.03. The van der Waals surface area contributed by atoms with Crippen molar-refractivity contribution < 1.29 is 29.3 Å². The van der Waals surface area contributed by atoms with E-state index >= 15 is 0 Å². The number of halogens is 3. The lowest BCUT2D eigenvalue weighted by molar-refractivity contribution is -0.139. The van der Waals surface area contributed by atoms with Gasteiger partial charge in [-0.2, -0.15) is 0 Å². The van der Waals surface area contributed by atoms with Crippen LogP contribution in [0.5, 0.6) is 11.5 Å². The predicted molar refractivity (Wildman–Crippen MR) is 99.3 cm³/mol. The summed E-state index contributed by atoms with van der Waals surface area (Å²) in [5.74, 6) is -1.52. The number of ether oxygens (including phenoxy) is 2. The number of carboxylic acids is 2. The van der Waals surface area contributed by atoms with Crippen molar-refractivity contribution in [1.29, 1.82) is 0 Å². The molecule has 0 aliphatic rings. The van der Waals surface area contributed by atoms with Crippen LogP contribution in [0.2, 0.25) is 15.1 Å². The van der Waals surface area contributed by atoms with Crippen molar-refractivity contribution in [3.05, 3.63) is 56.5 Å². The van der Waals surface area contributed by atoms with E-state index in [4.69, 9.17) is 54.5 Å². The van der Waals surface area contributed by atoms with Crippen molar-refractivity contribution in [2.75, 3.05) is 13.7 Å². The molecule has 0 radical (unpaired) electrons. The molecular formula is C17H15Cl3O6. The average Bonchev–Trinajstić information content (AvgIpc) is 2.56. The summed E-state index contributed by atoms with van der Waals surface area (Å²) in [5, 5.41) is 18.1. The Kier molecular flexibility index (Phi) is 8.51. The second kappa shape index (κ2) is 10.1. The van der Waals surface area contributed by atoms with Gasteiger partial charge < -0.3 is 19.7 Å². The van der Waals surface area contributed by atoms with Gasteiger partial charge in [0.15, 0.2) is 12.4 Å². The van der Waals surface area contributed by atoms with Gasteiger partial charge in [0.1, 0.15) is 11.3 Å². The quantitative estimate of drug-likeness (QED) is 0.719. The highest BCUT2D eigenvalue weighted by Gasteiger charge is 2.18. The summed E-state index contributed by atoms with van der Waals surface area (Å²) in [5.41, 5.74) is 0.713. The molecule has 0 saturated carbocycles. The van der Waals surface area contributed by atoms with Crippen molar-refractivity contribution in [2.45, 2.75) is 6.92 Å². The molecule has 0 spiro atoms. The molecule has 2 rings (SSSR count). The molecule has 0 bridgehead atoms. The predicted octanol–water partition coefficient (Wildman–Crippen LogP) is 4.81. The topological polar surface area (TPSA) is 93.1 Å². The number of methoxy groups -OCH3 is 1. The van der Waals surface area contributed by atoms with Gasteiger partial charge in [-0.1, -0.05) is 34.8 Å². The fourth-order valence-electron chi connectivity index (χ4n) is 1.85. The number of hydrogen-bond donors (Lipinski definition) is 2. The monoisotopic (exact) mass is 420 g/mol. The summed E-state index contributed by atoms with van der Waals surface area (Å²) in [6.45, 7) is 1.48. The van der Waals surface area contributed by atoms with Crippen molar-refractivity contribution in [2.24, 2.45) is 0 Å². The zero-order chi connectivity index (χ0) is 19.9. The molecule has 0 aliphatic heterocycles. The van der Waals surface area contributed by atoms with Crippen molar-refractivity contribution in [1.82, 2.24) is 0 Å². The Morgan fingerprint density at radius 3 is 2.12 bits per heavy atom. The summed E-state index contributed by atoms with van der Waals surface area (Å²) in [7, 11) is 1.34. The Morgan fingerprint density at radius 1 is 1.04 bits per heavy atom. The van der Waals surface area contributed by atoms with E-state index in [1.54, 1.807) is 18.2 Å². The minimum atomic E-state index is -1.16. The van der Waals surface area contributed by atoms with Crippen LogP contribution in [0, 0.1) is 6.92 Å². The molecule has 0 aliphatic carbocycles. The number of carboxylic acid groups (broad SMARTS) is 2. The smallest absolute Gasteiger partial charge is 0.341 e. The zero-order valence-corrected chi connectivity index (χ0v) is 16.0. The van der Waals surface area contributed by atoms with E-state index in [9.17, 15) is 9.59 Å². The first-order valence-corrected chi connectivity index (χ1v) is 8.16. The number of carbonyl (C=O) groups is 2. The molecule has 0 fully saturated rings. The molecule has 2 aromatic rings. The van der Waals surface area contributed by atoms with Crippen molar-refractivity contribution in [3.8, 4) is 11.5 Å². The number of aromatic carboxylic acids is 1. The normalized spacial score (nSPS) is 9.73. The average molecular weight is 422 g/mol. The van der Waals surface area contributed by atoms with Crippen LogP contribution >= 0.6 is 34.8 Å². The van der Waals surface area contributed by atoms with Gasteiger partial charge in [-0.05, 0) is 42.8 Å². The zero-order valence-electron chi connectivity index (χ0n) is 13.8. The van der Waals surface area contributed by atoms with Gasteiger partial charge in [0.25, 0.3) is 0 Å². The number of hydrogen-bond acceptors (Lipinski definition) is 4. The lowest BCUT2D eigenvalue weighted by atomic mass is 10.2. The van der Waals surface area contributed by atoms with E-state index < -0.39 is 11.9 Å². The molecule has 0 unspecified atom stereocenters. The van der Waals surface area contributed by atoms with E-state index in [1.807, 2.05) is 6.92 Å². The third-order valence-corrected chi connectivity index (χ3v) is 3.81. The Balaban J connectivity index is 0.000000260. The van der Waals surface area contributed by atoms with Crippen LogP contribution in [0.4, 0.5) is 0 Å². The molecule has 9 heteroatoms. The van der Waals surface area contributed by atoms with Gasteiger partial charge in [0, 0.05) is 5.02 Å². The van der Waals surface area contributed by atoms with Crippen LogP contribution in [0.3, 0.4) is 0 Å². The first-order chi connectivity index (χ1) is 12.2. The lowest BCUT2D eigenvalue weighted by Crippen LogP contribution is -2.09. The molecular weight excluding hydrogens is 407 g/mol. The Labute approximate surface area is 164 Å². The molecule has 0 aromatic heterocycles. The Morgan fingerprint density at radius 2 is 1.65 bits per heavy atom. The van der Waals surface area contributed by atoms with Gasteiger partial charge in [-0.25, -0.2) is 9.59 Å². The van der Waals surface area contributed by atoms with Gasteiger partial charge >= 0.3 is 11.9 Å². The van der Waals surface area contributed by atoms with Crippen LogP contribution in [0.15, 0.2) is 30.3 Å². The van der Waals surface area contributed by atoms with E-state index in [1.165, 1.54) is 19.2 Å². The van der Waals surface area contributed by atoms with Gasteiger partial charge in [-0.3, -0.25) is 0 Å². The van der Waals surface area contributed by atoms with E-state index in [0.717, 1.165) is 5.56 Å². The fraction of sp³-hybridized carbons (Fsp3) is 0.176. The molecule has 0 amide bonds. The van der Waals surface area contributed by atoms with Gasteiger partial charge in [0.2, 0.25) is 0 Å². The van der Waals surface area contributed by atoms with Crippen LogP contribution < -0.4 is 9.47 Å². The number of benzene rings is 2. The molecule has 2 aromatic carbocycles. The number of aliphatic carboxylic acids is 1. The van der Waals surface area contributed by atoms with Gasteiger partial charge in [-0.15, -0.1) is 0 Å². The molecule has 0 heterocycles. The summed E-state index contributed by atoms with van der Waals surface area (Å²) in [6.07, 6.45) is 0. The molecule has 2 N–H and O–H groups in total. The maximum absolute atomic E-state index is 10.7. The van der Waals surface area contributed by atoms with Crippen molar-refractivity contribution >= 4 is 46.7 Å². The number of aryl methyl sites for hydroxylation is 1. The van der Waals surface area contributed by atoms with E-state index in [2.05, 4.69) is 0 Å². The molecule has 0 saturated heterocycles. The summed E-state index contributed by atoms with van der Waals surface area (Å²) in [6, 6.07) is 7.93. The van der Waals surface area contributed by atoms with Crippen LogP contribution in [0.25, 0.3) is 0 Å². The molecule has 6 nitrogen and oxygen atoms in total. The summed E-state index contributed by atoms with van der Waals surface area (Å²) >= 11 is 17.1. The third kappa shape index (κ3) is 6.29. The van der Waals surface area contributed by atoms with Crippen LogP contribution in [-0.4, -0.2) is 35.9 Å². The second-order valence-electron chi connectivity index (χ2n) is 4.83. The third-order valence-electron chi connectivity index (χ3n) is 2.96. The number of rotatable bonds is 5. The van der Waals surface area contributed by atoms with Crippen molar-refractivity contribution in [3.63, 3.8) is 0 Å². The molecule has 0 atom stereocenters. The molecule has 26 heavy (non-hydrogen) atoms. The Bertz CT molecular complexity index is 807. The Hall–Kier alpha value is -2.15. The van der Waals surface area contributed by atoms with E-state index in [-0.39, 0.29) is 28.0 Å². The van der Waals surface area contributed by atoms with E-state index in [0.29, 0.717) is 10.8 Å². The highest BCUT2D eigenvalue weighted by molar-refractivity contribution is 6.37. The minimum absolute atomic E-state index is 0.0849. The highest BCUT2D eigenvalue weighted by Crippen LogP contribution is 2.33. The highest BCUT2D eigenvalue weighted by atomic mass is 35.5. The standard InChI is InChI=1S/C9H9ClO3.C8H6Cl2O3/c1-6-4-7(10)2-3-8(6)13-5-9(11)12;1-13-7-5(10)3-2-4(9)6(7)8(11)12/h2-4H,5H2,1H3,(H,11,12);2-3H,1H3,(H,11,12). The summed E-state index contributed by atoms with van der Waals surface area (Å²) < 4.78 is 9.82. The summed E-state index contributed by atoms with van der Waals surface area (Å²) in [4.78, 5) is 20.9. The maximum Gasteiger partial charge on any atom is 0.341 e. The largest absolute Gasteiger partial charge is 0.494 e. The lowest BCUT2D eigenvalue weighted by Gasteiger charge is -2.07.